The van der Waals surface area contributed by atoms with Gasteiger partial charge in [-0.25, -0.2) is 8.78 Å². The van der Waals surface area contributed by atoms with Gasteiger partial charge in [0.05, 0.1) is 0 Å². The van der Waals surface area contributed by atoms with Crippen LogP contribution < -0.4 is 10.6 Å². The molecule has 1 heterocycles. The van der Waals surface area contributed by atoms with E-state index >= 15 is 0 Å². The number of nitrogens with zero attached hydrogens (tertiary/aromatic N) is 2. The molecule has 2 aromatic rings. The van der Waals surface area contributed by atoms with Crippen LogP contribution in [0, 0.1) is 11.6 Å². The van der Waals surface area contributed by atoms with Crippen molar-refractivity contribution in [3.8, 4) is 0 Å². The summed E-state index contributed by atoms with van der Waals surface area (Å²) in [6.45, 7) is 4.67. The maximum atomic E-state index is 13.6. The first-order valence-electron chi connectivity index (χ1n) is 7.76. The fourth-order valence-electron chi connectivity index (χ4n) is 2.19. The van der Waals surface area contributed by atoms with Crippen LogP contribution in [0.25, 0.3) is 0 Å². The number of guanidine groups is 1. The van der Waals surface area contributed by atoms with Crippen molar-refractivity contribution in [2.24, 2.45) is 4.99 Å². The molecule has 0 aliphatic rings. The summed E-state index contributed by atoms with van der Waals surface area (Å²) in [5.74, 6) is -0.923. The Morgan fingerprint density at radius 2 is 1.88 bits per heavy atom. The van der Waals surface area contributed by atoms with Crippen molar-refractivity contribution < 1.29 is 8.78 Å². The average Bonchev–Trinajstić information content (AvgIpc) is 3.05. The van der Waals surface area contributed by atoms with E-state index in [1.54, 1.807) is 6.07 Å². The normalized spacial score (nSPS) is 11.0. The summed E-state index contributed by atoms with van der Waals surface area (Å²) < 4.78 is 28.8. The maximum Gasteiger partial charge on any atom is 0.191 e. The summed E-state index contributed by atoms with van der Waals surface area (Å²) >= 11 is 0. The zero-order chi connectivity index (χ0) is 16.5. The van der Waals surface area contributed by atoms with Gasteiger partial charge >= 0.3 is 0 Å². The third kappa shape index (κ3) is 6.46. The summed E-state index contributed by atoms with van der Waals surface area (Å²) in [6, 6.07) is 8.17. The van der Waals surface area contributed by atoms with Crippen molar-refractivity contribution in [2.75, 3.05) is 19.6 Å². The van der Waals surface area contributed by atoms with Crippen LogP contribution in [-0.4, -0.2) is 30.2 Å². The number of aliphatic imine (C=N–C) groups is 1. The van der Waals surface area contributed by atoms with E-state index in [4.69, 9.17) is 0 Å². The Bertz CT molecular complexity index is 630. The number of halogens is 3. The highest BCUT2D eigenvalue weighted by Gasteiger charge is 2.06. The van der Waals surface area contributed by atoms with Gasteiger partial charge in [0, 0.05) is 38.6 Å². The van der Waals surface area contributed by atoms with E-state index in [-0.39, 0.29) is 24.0 Å². The van der Waals surface area contributed by atoms with Gasteiger partial charge in [0.15, 0.2) is 17.6 Å². The lowest BCUT2D eigenvalue weighted by atomic mass is 10.1. The first kappa shape index (κ1) is 20.4. The SMILES string of the molecule is CCNC(=NCCc1cccc(F)c1F)NCCn1cccc1.I. The van der Waals surface area contributed by atoms with Crippen molar-refractivity contribution in [3.63, 3.8) is 0 Å². The summed E-state index contributed by atoms with van der Waals surface area (Å²) in [5.41, 5.74) is 0.344. The molecule has 1 aromatic heterocycles. The fourth-order valence-corrected chi connectivity index (χ4v) is 2.19. The van der Waals surface area contributed by atoms with Crippen molar-refractivity contribution in [1.82, 2.24) is 15.2 Å². The molecule has 0 bridgehead atoms. The molecule has 0 aliphatic carbocycles. The highest BCUT2D eigenvalue weighted by Crippen LogP contribution is 2.11. The van der Waals surface area contributed by atoms with Crippen LogP contribution in [-0.2, 0) is 13.0 Å². The largest absolute Gasteiger partial charge is 0.357 e. The van der Waals surface area contributed by atoms with Crippen LogP contribution in [0.4, 0.5) is 8.78 Å². The van der Waals surface area contributed by atoms with E-state index in [2.05, 4.69) is 20.2 Å². The molecular weight excluding hydrogens is 425 g/mol. The molecule has 24 heavy (non-hydrogen) atoms. The van der Waals surface area contributed by atoms with E-state index in [0.29, 0.717) is 24.5 Å². The first-order valence-corrected chi connectivity index (χ1v) is 7.76. The van der Waals surface area contributed by atoms with Crippen LogP contribution in [0.1, 0.15) is 12.5 Å². The predicted molar refractivity (Wildman–Crippen MR) is 104 cm³/mol. The second kappa shape index (κ2) is 11.0. The number of rotatable bonds is 7. The van der Waals surface area contributed by atoms with E-state index in [1.807, 2.05) is 31.5 Å². The standard InChI is InChI=1S/C17H22F2N4.HI/c1-2-20-17(22-10-13-23-11-3-4-12-23)21-9-8-14-6-5-7-15(18)16(14)19;/h3-7,11-12H,2,8-10,13H2,1H3,(H2,20,21,22);1H. The summed E-state index contributed by atoms with van der Waals surface area (Å²) in [5, 5.41) is 6.36. The number of hydrogen-bond donors (Lipinski definition) is 2. The van der Waals surface area contributed by atoms with Crippen LogP contribution in [0.2, 0.25) is 0 Å². The molecule has 0 aliphatic heterocycles. The van der Waals surface area contributed by atoms with Crippen LogP contribution >= 0.6 is 24.0 Å². The zero-order valence-corrected chi connectivity index (χ0v) is 16.0. The Morgan fingerprint density at radius 1 is 1.12 bits per heavy atom. The second-order valence-corrected chi connectivity index (χ2v) is 5.07. The number of nitrogens with one attached hydrogen (secondary N) is 2. The quantitative estimate of drug-likeness (QED) is 0.388. The van der Waals surface area contributed by atoms with E-state index in [1.165, 1.54) is 6.07 Å². The number of benzene rings is 1. The van der Waals surface area contributed by atoms with Gasteiger partial charge < -0.3 is 15.2 Å². The minimum absolute atomic E-state index is 0. The van der Waals surface area contributed by atoms with Crippen molar-refractivity contribution in [3.05, 3.63) is 59.9 Å². The zero-order valence-electron chi connectivity index (χ0n) is 13.6. The number of hydrogen-bond acceptors (Lipinski definition) is 1. The highest BCUT2D eigenvalue weighted by molar-refractivity contribution is 14.0. The Kier molecular flexibility index (Phi) is 9.36. The van der Waals surface area contributed by atoms with Gasteiger partial charge in [-0.05, 0) is 37.1 Å². The van der Waals surface area contributed by atoms with Gasteiger partial charge in [-0.2, -0.15) is 0 Å². The van der Waals surface area contributed by atoms with Crippen LogP contribution in [0.5, 0.6) is 0 Å². The Labute approximate surface area is 158 Å². The average molecular weight is 448 g/mol. The summed E-state index contributed by atoms with van der Waals surface area (Å²) in [4.78, 5) is 4.39. The van der Waals surface area contributed by atoms with Gasteiger partial charge in [-0.1, -0.05) is 12.1 Å². The lowest BCUT2D eigenvalue weighted by Gasteiger charge is -2.12. The molecular formula is C17H23F2IN4. The smallest absolute Gasteiger partial charge is 0.191 e. The Hall–Kier alpha value is -1.64. The third-order valence-electron chi connectivity index (χ3n) is 3.36. The van der Waals surface area contributed by atoms with Gasteiger partial charge in [0.2, 0.25) is 0 Å². The second-order valence-electron chi connectivity index (χ2n) is 5.07. The van der Waals surface area contributed by atoms with Gasteiger partial charge in [-0.3, -0.25) is 4.99 Å². The summed E-state index contributed by atoms with van der Waals surface area (Å²) in [6.07, 6.45) is 4.36. The molecule has 0 spiro atoms. The molecule has 1 aromatic carbocycles. The lowest BCUT2D eigenvalue weighted by Crippen LogP contribution is -2.39. The molecule has 0 saturated heterocycles. The molecule has 132 valence electrons. The topological polar surface area (TPSA) is 41.4 Å². The first-order chi connectivity index (χ1) is 11.2. The third-order valence-corrected chi connectivity index (χ3v) is 3.36. The van der Waals surface area contributed by atoms with Gasteiger partial charge in [-0.15, -0.1) is 24.0 Å². The van der Waals surface area contributed by atoms with E-state index in [0.717, 1.165) is 25.7 Å². The minimum atomic E-state index is -0.816. The summed E-state index contributed by atoms with van der Waals surface area (Å²) in [7, 11) is 0. The molecule has 4 nitrogen and oxygen atoms in total. The molecule has 0 atom stereocenters. The molecule has 2 rings (SSSR count). The maximum absolute atomic E-state index is 13.6. The molecule has 0 amide bonds. The molecule has 0 unspecified atom stereocenters. The monoisotopic (exact) mass is 448 g/mol. The minimum Gasteiger partial charge on any atom is -0.357 e. The van der Waals surface area contributed by atoms with Crippen molar-refractivity contribution in [2.45, 2.75) is 19.9 Å². The number of aromatic nitrogens is 1. The lowest BCUT2D eigenvalue weighted by molar-refractivity contribution is 0.499. The van der Waals surface area contributed by atoms with Gasteiger partial charge in [0.1, 0.15) is 0 Å². The Morgan fingerprint density at radius 3 is 2.58 bits per heavy atom. The van der Waals surface area contributed by atoms with Gasteiger partial charge in [0.25, 0.3) is 0 Å². The highest BCUT2D eigenvalue weighted by atomic mass is 127. The van der Waals surface area contributed by atoms with Crippen LogP contribution in [0.3, 0.4) is 0 Å². The van der Waals surface area contributed by atoms with Crippen molar-refractivity contribution >= 4 is 29.9 Å². The Balaban J connectivity index is 0.00000288. The molecule has 2 N–H and O–H groups in total. The predicted octanol–water partition coefficient (Wildman–Crippen LogP) is 3.18. The molecule has 0 saturated carbocycles. The van der Waals surface area contributed by atoms with Crippen LogP contribution in [0.15, 0.2) is 47.7 Å². The molecule has 0 fully saturated rings. The molecule has 7 heteroatoms. The fraction of sp³-hybridized carbons (Fsp3) is 0.353. The van der Waals surface area contributed by atoms with E-state index in [9.17, 15) is 8.78 Å². The molecule has 0 radical (unpaired) electrons. The van der Waals surface area contributed by atoms with Crippen molar-refractivity contribution in [1.29, 1.82) is 0 Å². The van der Waals surface area contributed by atoms with E-state index < -0.39 is 11.6 Å².